The average Bonchev–Trinajstić information content (AvgIpc) is 3.53. The Hall–Kier alpha value is -4.23. The van der Waals surface area contributed by atoms with Gasteiger partial charge in [-0.1, -0.05) is 16.8 Å². The maximum Gasteiger partial charge on any atom is 0.277 e. The number of nitrogens with one attached hydrogen (secondary N) is 2. The van der Waals surface area contributed by atoms with E-state index in [9.17, 15) is 14.9 Å². The highest BCUT2D eigenvalue weighted by atomic mass is 35.5. The van der Waals surface area contributed by atoms with Gasteiger partial charge in [0.25, 0.3) is 11.8 Å². The van der Waals surface area contributed by atoms with Crippen molar-refractivity contribution in [2.45, 2.75) is 33.2 Å². The summed E-state index contributed by atoms with van der Waals surface area (Å²) in [5, 5.41) is 30.7. The maximum absolute atomic E-state index is 16.0. The zero-order valence-electron chi connectivity index (χ0n) is 26.3. The number of rotatable bonds is 9. The van der Waals surface area contributed by atoms with Gasteiger partial charge >= 0.3 is 0 Å². The number of piperazine rings is 1. The normalized spacial score (nSPS) is 17.5. The average molecular weight is 654 g/mol. The van der Waals surface area contributed by atoms with E-state index >= 15 is 4.39 Å². The number of amides is 2. The Morgan fingerprint density at radius 3 is 2.61 bits per heavy atom. The molecule has 2 aliphatic heterocycles. The summed E-state index contributed by atoms with van der Waals surface area (Å²) < 4.78 is 22.5. The minimum absolute atomic E-state index is 0.00400. The molecule has 3 aromatic rings. The summed E-state index contributed by atoms with van der Waals surface area (Å²) >= 11 is 6.41. The Kier molecular flexibility index (Phi) is 10.4. The van der Waals surface area contributed by atoms with Gasteiger partial charge in [0.1, 0.15) is 11.8 Å². The lowest BCUT2D eigenvalue weighted by atomic mass is 10.1. The molecule has 2 N–H and O–H groups in total. The third-order valence-electron chi connectivity index (χ3n) is 8.47. The summed E-state index contributed by atoms with van der Waals surface area (Å²) in [4.78, 5) is 32.9. The number of hydrogen-bond acceptors (Lipinski definition) is 11. The predicted octanol–water partition coefficient (Wildman–Crippen LogP) is 2.18. The topological polar surface area (TPSA) is 157 Å². The molecule has 2 aromatic heterocycles. The minimum atomic E-state index is -0.676. The number of carbonyl (C=O) groups is 2. The molecule has 0 saturated carbocycles. The molecule has 244 valence electrons. The van der Waals surface area contributed by atoms with E-state index in [1.54, 1.807) is 13.8 Å². The third-order valence-corrected chi connectivity index (χ3v) is 8.94. The molecule has 1 atom stereocenters. The summed E-state index contributed by atoms with van der Waals surface area (Å²) in [7, 11) is 2.02. The second kappa shape index (κ2) is 14.5. The summed E-state index contributed by atoms with van der Waals surface area (Å²) in [5.74, 6) is -1.70. The van der Waals surface area contributed by atoms with Crippen LogP contribution in [-0.2, 0) is 4.74 Å². The number of halogens is 2. The van der Waals surface area contributed by atoms with E-state index in [0.29, 0.717) is 55.3 Å². The van der Waals surface area contributed by atoms with Crippen LogP contribution in [-0.4, -0.2) is 119 Å². The zero-order chi connectivity index (χ0) is 33.0. The van der Waals surface area contributed by atoms with Crippen LogP contribution in [0.15, 0.2) is 12.3 Å². The minimum Gasteiger partial charge on any atom is -0.379 e. The predicted molar refractivity (Wildman–Crippen MR) is 169 cm³/mol. The lowest BCUT2D eigenvalue weighted by molar-refractivity contribution is 0.0374. The van der Waals surface area contributed by atoms with Crippen molar-refractivity contribution in [1.29, 1.82) is 5.26 Å². The number of aromatic nitrogens is 5. The van der Waals surface area contributed by atoms with E-state index in [1.807, 2.05) is 18.0 Å². The van der Waals surface area contributed by atoms with Crippen molar-refractivity contribution in [3.05, 3.63) is 51.3 Å². The molecule has 0 radical (unpaired) electrons. The van der Waals surface area contributed by atoms with Crippen LogP contribution in [0.5, 0.6) is 0 Å². The second-order valence-corrected chi connectivity index (χ2v) is 11.9. The molecule has 5 rings (SSSR count). The summed E-state index contributed by atoms with van der Waals surface area (Å²) in [6.07, 6.45) is 2.12. The van der Waals surface area contributed by atoms with Gasteiger partial charge in [0.15, 0.2) is 22.9 Å². The van der Waals surface area contributed by atoms with E-state index in [0.717, 1.165) is 32.6 Å². The standard InChI is InChI=1S/C30H37ClFN11O3/c1-18-16-42(9-8-40(18)4)24-14-21(32)28(20(3)26(24)35-30(45)27-25(31)19(2)22(15-33)36-38-27)43-17-23(37-39-43)29(44)34-6-5-7-41-10-12-46-13-11-41/h14,17-18H,5-13,16H2,1-4H3,(H,34,44)(H,35,45). The molecule has 2 amide bonds. The van der Waals surface area contributed by atoms with Crippen LogP contribution in [0, 0.1) is 31.0 Å². The second-order valence-electron chi connectivity index (χ2n) is 11.5. The van der Waals surface area contributed by atoms with E-state index < -0.39 is 17.6 Å². The van der Waals surface area contributed by atoms with Crippen molar-refractivity contribution < 1.29 is 18.7 Å². The van der Waals surface area contributed by atoms with Crippen molar-refractivity contribution in [2.75, 3.05) is 76.3 Å². The first-order chi connectivity index (χ1) is 22.1. The van der Waals surface area contributed by atoms with Crippen LogP contribution in [0.1, 0.15) is 51.1 Å². The monoisotopic (exact) mass is 653 g/mol. The molecule has 4 heterocycles. The maximum atomic E-state index is 16.0. The zero-order valence-corrected chi connectivity index (χ0v) is 27.1. The first-order valence-electron chi connectivity index (χ1n) is 15.1. The summed E-state index contributed by atoms with van der Waals surface area (Å²) in [6, 6.07) is 3.42. The van der Waals surface area contributed by atoms with Crippen LogP contribution >= 0.6 is 11.6 Å². The summed E-state index contributed by atoms with van der Waals surface area (Å²) in [6.45, 7) is 11.7. The fraction of sp³-hybridized carbons (Fsp3) is 0.500. The number of nitrogens with zero attached hydrogens (tertiary/aromatic N) is 9. The molecule has 0 aliphatic carbocycles. The van der Waals surface area contributed by atoms with E-state index in [1.165, 1.54) is 16.9 Å². The number of carbonyl (C=O) groups excluding carboxylic acids is 2. The van der Waals surface area contributed by atoms with Gasteiger partial charge in [-0.25, -0.2) is 9.07 Å². The highest BCUT2D eigenvalue weighted by Gasteiger charge is 2.29. The van der Waals surface area contributed by atoms with Crippen LogP contribution in [0.25, 0.3) is 5.69 Å². The SMILES string of the molecule is Cc1c(C#N)nnc(C(=O)Nc2c(N3CCN(C)C(C)C3)cc(F)c(-n3cc(C(=O)NCCCN4CCOCC4)nn3)c2C)c1Cl. The van der Waals surface area contributed by atoms with E-state index in [2.05, 4.69) is 47.9 Å². The highest BCUT2D eigenvalue weighted by Crippen LogP contribution is 2.37. The van der Waals surface area contributed by atoms with Crippen molar-refractivity contribution in [1.82, 2.24) is 40.3 Å². The van der Waals surface area contributed by atoms with E-state index in [4.69, 9.17) is 16.3 Å². The smallest absolute Gasteiger partial charge is 0.277 e. The largest absolute Gasteiger partial charge is 0.379 e. The Morgan fingerprint density at radius 2 is 1.89 bits per heavy atom. The first kappa shape index (κ1) is 33.1. The number of nitriles is 1. The molecule has 46 heavy (non-hydrogen) atoms. The summed E-state index contributed by atoms with van der Waals surface area (Å²) in [5.41, 5.74) is 1.36. The number of likely N-dealkylation sites (N-methyl/N-ethyl adjacent to an activating group) is 1. The van der Waals surface area contributed by atoms with Gasteiger partial charge in [-0.05, 0) is 40.8 Å². The molecule has 2 saturated heterocycles. The Labute approximate surface area is 271 Å². The number of ether oxygens (including phenoxy) is 1. The molecule has 14 nitrogen and oxygen atoms in total. The number of benzene rings is 1. The number of hydrogen-bond donors (Lipinski definition) is 2. The van der Waals surface area contributed by atoms with Gasteiger partial charge in [-0.2, -0.15) is 5.26 Å². The Bertz CT molecular complexity index is 1650. The van der Waals surface area contributed by atoms with Crippen LogP contribution in [0.3, 0.4) is 0 Å². The number of anilines is 2. The van der Waals surface area contributed by atoms with Gasteiger partial charge in [0, 0.05) is 62.5 Å². The molecular formula is C30H37ClFN11O3. The van der Waals surface area contributed by atoms with Crippen molar-refractivity contribution in [2.24, 2.45) is 0 Å². The Balaban J connectivity index is 1.42. The Morgan fingerprint density at radius 1 is 1.13 bits per heavy atom. The molecule has 16 heteroatoms. The lowest BCUT2D eigenvalue weighted by Gasteiger charge is -2.40. The van der Waals surface area contributed by atoms with E-state index in [-0.39, 0.29) is 33.8 Å². The fourth-order valence-corrected chi connectivity index (χ4v) is 5.74. The molecule has 2 aliphatic rings. The van der Waals surface area contributed by atoms with Crippen molar-refractivity contribution >= 4 is 34.8 Å². The molecule has 1 unspecified atom stereocenters. The van der Waals surface area contributed by atoms with Gasteiger partial charge in [-0.3, -0.25) is 14.5 Å². The van der Waals surface area contributed by atoms with Crippen LogP contribution in [0.2, 0.25) is 5.02 Å². The molecule has 0 spiro atoms. The molecular weight excluding hydrogens is 617 g/mol. The lowest BCUT2D eigenvalue weighted by Crippen LogP contribution is -2.50. The third kappa shape index (κ3) is 7.10. The van der Waals surface area contributed by atoms with Crippen LogP contribution in [0.4, 0.5) is 15.8 Å². The first-order valence-corrected chi connectivity index (χ1v) is 15.5. The van der Waals surface area contributed by atoms with Gasteiger partial charge in [0.05, 0.1) is 35.8 Å². The van der Waals surface area contributed by atoms with Gasteiger partial charge in [-0.15, -0.1) is 15.3 Å². The van der Waals surface area contributed by atoms with Crippen LogP contribution < -0.4 is 15.5 Å². The van der Waals surface area contributed by atoms with Crippen molar-refractivity contribution in [3.63, 3.8) is 0 Å². The van der Waals surface area contributed by atoms with Gasteiger partial charge in [0.2, 0.25) is 0 Å². The highest BCUT2D eigenvalue weighted by molar-refractivity contribution is 6.35. The van der Waals surface area contributed by atoms with Crippen molar-refractivity contribution in [3.8, 4) is 11.8 Å². The molecule has 2 fully saturated rings. The quantitative estimate of drug-likeness (QED) is 0.326. The number of morpholine rings is 1. The molecule has 1 aromatic carbocycles. The molecule has 0 bridgehead atoms. The van der Waals surface area contributed by atoms with Gasteiger partial charge < -0.3 is 25.2 Å². The fourth-order valence-electron chi connectivity index (χ4n) is 5.53.